The third kappa shape index (κ3) is 9.36. The highest BCUT2D eigenvalue weighted by molar-refractivity contribution is 7.91. The standard InChI is InChI=1S/C23H16F13NO3S/c1-10(8-41(39,40)9-21(28,29)30)37-20(38)13-3-2-11(4-15(13)23(34,35)36)16(24)7-14(22(31,32)33)12-5-17(25)19(27)18(26)6-12/h2-7,10,14H,8-9H2,1H3,(H,37,38)/b16-7-. The van der Waals surface area contributed by atoms with Gasteiger partial charge in [0.15, 0.2) is 27.3 Å². The van der Waals surface area contributed by atoms with Gasteiger partial charge in [-0.25, -0.2) is 26.0 Å². The summed E-state index contributed by atoms with van der Waals surface area (Å²) in [6.07, 6.45) is -16.4. The van der Waals surface area contributed by atoms with Crippen LogP contribution in [-0.2, 0) is 16.0 Å². The van der Waals surface area contributed by atoms with Gasteiger partial charge in [0, 0.05) is 11.6 Å². The summed E-state index contributed by atoms with van der Waals surface area (Å²) in [5.41, 5.74) is -5.73. The number of carbonyl (C=O) groups is 1. The summed E-state index contributed by atoms with van der Waals surface area (Å²) < 4.78 is 197. The van der Waals surface area contributed by atoms with E-state index in [9.17, 15) is 70.3 Å². The summed E-state index contributed by atoms with van der Waals surface area (Å²) in [6.45, 7) is 0.869. The number of hydrogen-bond acceptors (Lipinski definition) is 3. The van der Waals surface area contributed by atoms with Gasteiger partial charge >= 0.3 is 18.5 Å². The molecule has 4 nitrogen and oxygen atoms in total. The van der Waals surface area contributed by atoms with E-state index in [4.69, 9.17) is 0 Å². The molecule has 0 spiro atoms. The van der Waals surface area contributed by atoms with Crippen LogP contribution in [0.5, 0.6) is 0 Å². The number of allylic oxidation sites excluding steroid dienone is 1. The largest absolute Gasteiger partial charge is 0.417 e. The Morgan fingerprint density at radius 2 is 1.46 bits per heavy atom. The van der Waals surface area contributed by atoms with Crippen LogP contribution in [0.4, 0.5) is 57.1 Å². The van der Waals surface area contributed by atoms with Gasteiger partial charge in [0.25, 0.3) is 5.91 Å². The van der Waals surface area contributed by atoms with Crippen molar-refractivity contribution in [2.45, 2.75) is 37.4 Å². The van der Waals surface area contributed by atoms with Crippen LogP contribution in [0.3, 0.4) is 0 Å². The van der Waals surface area contributed by atoms with Gasteiger partial charge in [-0.05, 0) is 42.8 Å². The smallest absolute Gasteiger partial charge is 0.349 e. The van der Waals surface area contributed by atoms with E-state index < -0.39 is 103 Å². The average Bonchev–Trinajstić information content (AvgIpc) is 2.76. The zero-order valence-corrected chi connectivity index (χ0v) is 20.9. The first-order valence-corrected chi connectivity index (χ1v) is 12.6. The van der Waals surface area contributed by atoms with Gasteiger partial charge < -0.3 is 5.32 Å². The molecular weight excluding hydrogens is 617 g/mol. The van der Waals surface area contributed by atoms with Crippen molar-refractivity contribution in [1.29, 1.82) is 0 Å². The molecule has 0 saturated heterocycles. The summed E-state index contributed by atoms with van der Waals surface area (Å²) in [5.74, 6) is -16.7. The fourth-order valence-electron chi connectivity index (χ4n) is 3.53. The van der Waals surface area contributed by atoms with Crippen LogP contribution >= 0.6 is 0 Å². The number of sulfone groups is 1. The van der Waals surface area contributed by atoms with Gasteiger partial charge in [0.1, 0.15) is 17.5 Å². The van der Waals surface area contributed by atoms with E-state index in [1.54, 1.807) is 5.32 Å². The summed E-state index contributed by atoms with van der Waals surface area (Å²) in [4.78, 5) is 12.4. The van der Waals surface area contributed by atoms with E-state index in [0.29, 0.717) is 12.1 Å². The Morgan fingerprint density at radius 3 is 1.93 bits per heavy atom. The minimum atomic E-state index is -5.47. The first kappa shape index (κ1) is 33.9. The van der Waals surface area contributed by atoms with E-state index in [1.807, 2.05) is 0 Å². The van der Waals surface area contributed by atoms with Crippen molar-refractivity contribution in [3.05, 3.63) is 76.1 Å². The van der Waals surface area contributed by atoms with Crippen LogP contribution in [0, 0.1) is 17.5 Å². The second kappa shape index (κ2) is 11.9. The molecule has 0 aliphatic heterocycles. The van der Waals surface area contributed by atoms with Crippen LogP contribution < -0.4 is 5.32 Å². The third-order valence-electron chi connectivity index (χ3n) is 5.14. The summed E-state index contributed by atoms with van der Waals surface area (Å²) in [5, 5.41) is 1.74. The highest BCUT2D eigenvalue weighted by Gasteiger charge is 2.41. The Balaban J connectivity index is 2.46. The molecule has 0 aliphatic carbocycles. The van der Waals surface area contributed by atoms with Gasteiger partial charge in [-0.1, -0.05) is 6.07 Å². The normalized spacial score (nSPS) is 15.0. The van der Waals surface area contributed by atoms with Gasteiger partial charge in [-0.3, -0.25) is 4.79 Å². The zero-order chi connectivity index (χ0) is 31.7. The lowest BCUT2D eigenvalue weighted by molar-refractivity contribution is -0.140. The number of benzene rings is 2. The minimum absolute atomic E-state index is 0.0922. The molecule has 18 heteroatoms. The molecule has 0 radical (unpaired) electrons. The number of alkyl halides is 9. The van der Waals surface area contributed by atoms with Crippen molar-refractivity contribution >= 4 is 21.6 Å². The molecule has 0 fully saturated rings. The molecular formula is C23H16F13NO3S. The lowest BCUT2D eigenvalue weighted by Gasteiger charge is -2.19. The minimum Gasteiger partial charge on any atom is -0.349 e. The molecule has 2 unspecified atom stereocenters. The van der Waals surface area contributed by atoms with Crippen molar-refractivity contribution < 1.29 is 70.3 Å². The molecule has 0 aromatic heterocycles. The van der Waals surface area contributed by atoms with E-state index >= 15 is 0 Å². The summed E-state index contributed by atoms with van der Waals surface area (Å²) in [7, 11) is -4.86. The molecule has 0 aliphatic rings. The molecule has 41 heavy (non-hydrogen) atoms. The highest BCUT2D eigenvalue weighted by atomic mass is 32.2. The average molecular weight is 633 g/mol. The van der Waals surface area contributed by atoms with Crippen molar-refractivity contribution in [1.82, 2.24) is 5.32 Å². The van der Waals surface area contributed by atoms with Crippen LogP contribution in [0.15, 0.2) is 36.4 Å². The second-order valence-electron chi connectivity index (χ2n) is 8.63. The number of rotatable bonds is 8. The molecule has 1 amide bonds. The quantitative estimate of drug-likeness (QED) is 0.255. The number of amides is 1. The molecule has 0 saturated carbocycles. The molecule has 0 heterocycles. The molecule has 2 aromatic rings. The van der Waals surface area contributed by atoms with Crippen LogP contribution in [0.1, 0.15) is 39.9 Å². The lowest BCUT2D eigenvalue weighted by atomic mass is 9.95. The summed E-state index contributed by atoms with van der Waals surface area (Å²) in [6, 6.07) is -1.20. The third-order valence-corrected chi connectivity index (χ3v) is 6.92. The Hall–Kier alpha value is -3.31. The van der Waals surface area contributed by atoms with Gasteiger partial charge in [-0.2, -0.15) is 39.5 Å². The first-order chi connectivity index (χ1) is 18.4. The van der Waals surface area contributed by atoms with Crippen LogP contribution in [-0.4, -0.2) is 44.2 Å². The molecule has 2 atom stereocenters. The molecule has 2 rings (SSSR count). The second-order valence-corrected chi connectivity index (χ2v) is 10.7. The van der Waals surface area contributed by atoms with E-state index in [2.05, 4.69) is 0 Å². The fourth-order valence-corrected chi connectivity index (χ4v) is 5.00. The SMILES string of the molecule is CC(CS(=O)(=O)CC(F)(F)F)NC(=O)c1ccc(/C(F)=C/C(c2cc(F)c(F)c(F)c2)C(F)(F)F)cc1C(F)(F)F. The number of halogens is 13. The highest BCUT2D eigenvalue weighted by Crippen LogP contribution is 2.40. The van der Waals surface area contributed by atoms with E-state index in [0.717, 1.165) is 6.92 Å². The maximum atomic E-state index is 14.8. The molecule has 1 N–H and O–H groups in total. The Bertz CT molecular complexity index is 1400. The lowest BCUT2D eigenvalue weighted by Crippen LogP contribution is -2.40. The van der Waals surface area contributed by atoms with Crippen molar-refractivity contribution in [2.75, 3.05) is 11.5 Å². The number of carbonyl (C=O) groups excluding carboxylic acids is 1. The van der Waals surface area contributed by atoms with Crippen LogP contribution in [0.25, 0.3) is 5.83 Å². The Labute approximate surface area is 222 Å². The van der Waals surface area contributed by atoms with E-state index in [-0.39, 0.29) is 24.3 Å². The first-order valence-electron chi connectivity index (χ1n) is 10.8. The number of hydrogen-bond donors (Lipinski definition) is 1. The number of nitrogens with one attached hydrogen (secondary N) is 1. The van der Waals surface area contributed by atoms with Crippen molar-refractivity contribution in [3.8, 4) is 0 Å². The molecule has 2 aromatic carbocycles. The van der Waals surface area contributed by atoms with Crippen LogP contribution in [0.2, 0.25) is 0 Å². The van der Waals surface area contributed by atoms with Gasteiger partial charge in [0.2, 0.25) is 0 Å². The Kier molecular flexibility index (Phi) is 9.83. The maximum Gasteiger partial charge on any atom is 0.417 e. The summed E-state index contributed by atoms with van der Waals surface area (Å²) >= 11 is 0. The molecule has 0 bridgehead atoms. The fraction of sp³-hybridized carbons (Fsp3) is 0.348. The van der Waals surface area contributed by atoms with Crippen molar-refractivity contribution in [3.63, 3.8) is 0 Å². The maximum absolute atomic E-state index is 14.8. The monoisotopic (exact) mass is 633 g/mol. The molecule has 228 valence electrons. The van der Waals surface area contributed by atoms with E-state index in [1.165, 1.54) is 0 Å². The predicted octanol–water partition coefficient (Wildman–Crippen LogP) is 6.87. The van der Waals surface area contributed by atoms with Crippen molar-refractivity contribution in [2.24, 2.45) is 0 Å². The van der Waals surface area contributed by atoms with Gasteiger partial charge in [0.05, 0.1) is 16.9 Å². The Morgan fingerprint density at radius 1 is 0.927 bits per heavy atom. The zero-order valence-electron chi connectivity index (χ0n) is 20.1. The predicted molar refractivity (Wildman–Crippen MR) is 117 cm³/mol. The topological polar surface area (TPSA) is 63.2 Å². The van der Waals surface area contributed by atoms with Gasteiger partial charge in [-0.15, -0.1) is 0 Å².